The summed E-state index contributed by atoms with van der Waals surface area (Å²) in [5.41, 5.74) is 0.212. The maximum atomic E-state index is 12.1. The number of rotatable bonds is 6. The van der Waals surface area contributed by atoms with Crippen molar-refractivity contribution >= 4 is 23.3 Å². The van der Waals surface area contributed by atoms with Gasteiger partial charge in [0.15, 0.2) is 5.82 Å². The zero-order chi connectivity index (χ0) is 15.2. The maximum absolute atomic E-state index is 12.1. The van der Waals surface area contributed by atoms with Crippen molar-refractivity contribution in [3.05, 3.63) is 35.0 Å². The largest absolute Gasteiger partial charge is 0.370 e. The first-order valence-electron chi connectivity index (χ1n) is 6.63. The van der Waals surface area contributed by atoms with Crippen LogP contribution in [-0.4, -0.2) is 38.7 Å². The third-order valence-corrected chi connectivity index (χ3v) is 3.01. The van der Waals surface area contributed by atoms with Crippen LogP contribution in [0.1, 0.15) is 23.2 Å². The van der Waals surface area contributed by atoms with Crippen molar-refractivity contribution in [3.8, 4) is 0 Å². The fourth-order valence-corrected chi connectivity index (χ4v) is 1.94. The molecule has 2 rings (SSSR count). The highest BCUT2D eigenvalue weighted by atomic mass is 35.5. The van der Waals surface area contributed by atoms with Gasteiger partial charge in [0.05, 0.1) is 5.02 Å². The van der Waals surface area contributed by atoms with E-state index >= 15 is 0 Å². The molecule has 0 atom stereocenters. The summed E-state index contributed by atoms with van der Waals surface area (Å²) in [6.07, 6.45) is 2.17. The van der Waals surface area contributed by atoms with E-state index in [1.54, 1.807) is 30.2 Å². The van der Waals surface area contributed by atoms with Gasteiger partial charge in [-0.2, -0.15) is 5.10 Å². The number of carbonyl (C=O) groups excluding carboxylic acids is 1. The summed E-state index contributed by atoms with van der Waals surface area (Å²) in [5.74, 6) is 0.993. The van der Waals surface area contributed by atoms with Crippen LogP contribution in [0.2, 0.25) is 5.02 Å². The molecule has 112 valence electrons. The Morgan fingerprint density at radius 1 is 1.43 bits per heavy atom. The second kappa shape index (κ2) is 7.03. The smallest absolute Gasteiger partial charge is 0.271 e. The fourth-order valence-electron chi connectivity index (χ4n) is 1.75. The molecule has 0 aliphatic rings. The standard InChI is InChI=1S/C13H17ClN6O/c1-3-15-10-5-4-9(14)12(18-10)13(21)16-7-6-11-17-8-20(2)19-11/h4-5,8H,3,6-7H2,1-2H3,(H,15,18)(H,16,21). The molecule has 8 heteroatoms. The third kappa shape index (κ3) is 4.16. The van der Waals surface area contributed by atoms with E-state index in [1.807, 2.05) is 6.92 Å². The molecule has 0 unspecified atom stereocenters. The van der Waals surface area contributed by atoms with Crippen molar-refractivity contribution in [1.29, 1.82) is 0 Å². The van der Waals surface area contributed by atoms with Crippen LogP contribution in [0.4, 0.5) is 5.82 Å². The van der Waals surface area contributed by atoms with Gasteiger partial charge in [-0.25, -0.2) is 9.97 Å². The lowest BCUT2D eigenvalue weighted by Crippen LogP contribution is -2.27. The molecule has 0 aliphatic heterocycles. The van der Waals surface area contributed by atoms with Crippen molar-refractivity contribution in [3.63, 3.8) is 0 Å². The van der Waals surface area contributed by atoms with Gasteiger partial charge in [-0.15, -0.1) is 0 Å². The Kier molecular flexibility index (Phi) is 5.10. The topological polar surface area (TPSA) is 84.7 Å². The monoisotopic (exact) mass is 308 g/mol. The minimum Gasteiger partial charge on any atom is -0.370 e. The van der Waals surface area contributed by atoms with E-state index in [4.69, 9.17) is 11.6 Å². The second-order valence-corrected chi connectivity index (χ2v) is 4.80. The summed E-state index contributed by atoms with van der Waals surface area (Å²) >= 11 is 6.01. The third-order valence-electron chi connectivity index (χ3n) is 2.70. The first kappa shape index (κ1) is 15.2. The van der Waals surface area contributed by atoms with Gasteiger partial charge in [-0.1, -0.05) is 11.6 Å². The molecule has 2 aromatic heterocycles. The van der Waals surface area contributed by atoms with Gasteiger partial charge in [0, 0.05) is 26.6 Å². The predicted molar refractivity (Wildman–Crippen MR) is 80.5 cm³/mol. The second-order valence-electron chi connectivity index (χ2n) is 4.40. The average molecular weight is 309 g/mol. The first-order valence-corrected chi connectivity index (χ1v) is 7.01. The van der Waals surface area contributed by atoms with E-state index in [9.17, 15) is 4.79 Å². The number of hydrogen-bond acceptors (Lipinski definition) is 5. The minimum absolute atomic E-state index is 0.212. The number of aromatic nitrogens is 4. The predicted octanol–water partition coefficient (Wildman–Crippen LogP) is 1.27. The van der Waals surface area contributed by atoms with Crippen molar-refractivity contribution in [2.24, 2.45) is 7.05 Å². The Bertz CT molecular complexity index is 627. The highest BCUT2D eigenvalue weighted by Gasteiger charge is 2.13. The summed E-state index contributed by atoms with van der Waals surface area (Å²) < 4.78 is 1.62. The van der Waals surface area contributed by atoms with E-state index in [0.29, 0.717) is 29.6 Å². The number of carbonyl (C=O) groups is 1. The number of amides is 1. The number of nitrogens with one attached hydrogen (secondary N) is 2. The number of nitrogens with zero attached hydrogens (tertiary/aromatic N) is 4. The molecule has 1 amide bonds. The molecule has 2 N–H and O–H groups in total. The zero-order valence-electron chi connectivity index (χ0n) is 11.9. The van der Waals surface area contributed by atoms with Crippen LogP contribution < -0.4 is 10.6 Å². The lowest BCUT2D eigenvalue weighted by Gasteiger charge is -2.08. The van der Waals surface area contributed by atoms with E-state index < -0.39 is 0 Å². The number of pyridine rings is 1. The maximum Gasteiger partial charge on any atom is 0.271 e. The normalized spacial score (nSPS) is 10.4. The van der Waals surface area contributed by atoms with Gasteiger partial charge in [0.1, 0.15) is 17.8 Å². The summed E-state index contributed by atoms with van der Waals surface area (Å²) in [6.45, 7) is 3.10. The molecule has 0 aromatic carbocycles. The zero-order valence-corrected chi connectivity index (χ0v) is 12.7. The Hall–Kier alpha value is -2.15. The van der Waals surface area contributed by atoms with E-state index in [0.717, 1.165) is 6.54 Å². The van der Waals surface area contributed by atoms with E-state index in [2.05, 4.69) is 25.7 Å². The van der Waals surface area contributed by atoms with Crippen LogP contribution in [0.25, 0.3) is 0 Å². The Labute approximate surface area is 127 Å². The SMILES string of the molecule is CCNc1ccc(Cl)c(C(=O)NCCc2ncn(C)n2)n1. The Balaban J connectivity index is 1.94. The summed E-state index contributed by atoms with van der Waals surface area (Å²) in [4.78, 5) is 20.4. The number of hydrogen-bond donors (Lipinski definition) is 2. The molecular weight excluding hydrogens is 292 g/mol. The summed E-state index contributed by atoms with van der Waals surface area (Å²) in [7, 11) is 1.80. The molecule has 0 aliphatic carbocycles. The summed E-state index contributed by atoms with van der Waals surface area (Å²) in [6, 6.07) is 3.39. The van der Waals surface area contributed by atoms with Gasteiger partial charge >= 0.3 is 0 Å². The van der Waals surface area contributed by atoms with Crippen molar-refractivity contribution < 1.29 is 4.79 Å². The molecule has 7 nitrogen and oxygen atoms in total. The summed E-state index contributed by atoms with van der Waals surface area (Å²) in [5, 5.41) is 10.3. The van der Waals surface area contributed by atoms with Crippen LogP contribution in [0.5, 0.6) is 0 Å². The number of aryl methyl sites for hydroxylation is 1. The molecule has 0 fully saturated rings. The van der Waals surface area contributed by atoms with Gasteiger partial charge in [-0.3, -0.25) is 9.48 Å². The lowest BCUT2D eigenvalue weighted by molar-refractivity contribution is 0.0949. The van der Waals surface area contributed by atoms with E-state index in [-0.39, 0.29) is 11.6 Å². The van der Waals surface area contributed by atoms with E-state index in [1.165, 1.54) is 0 Å². The van der Waals surface area contributed by atoms with Crippen LogP contribution in [0, 0.1) is 0 Å². The minimum atomic E-state index is -0.310. The van der Waals surface area contributed by atoms with Crippen molar-refractivity contribution in [1.82, 2.24) is 25.1 Å². The van der Waals surface area contributed by atoms with Gasteiger partial charge in [0.2, 0.25) is 0 Å². The van der Waals surface area contributed by atoms with Gasteiger partial charge < -0.3 is 10.6 Å². The van der Waals surface area contributed by atoms with Crippen LogP contribution in [0.3, 0.4) is 0 Å². The number of anilines is 1. The molecule has 0 saturated carbocycles. The fraction of sp³-hybridized carbons (Fsp3) is 0.385. The van der Waals surface area contributed by atoms with Crippen LogP contribution >= 0.6 is 11.6 Å². The quantitative estimate of drug-likeness (QED) is 0.839. The molecule has 0 radical (unpaired) electrons. The van der Waals surface area contributed by atoms with Gasteiger partial charge in [-0.05, 0) is 19.1 Å². The molecule has 2 heterocycles. The highest BCUT2D eigenvalue weighted by Crippen LogP contribution is 2.16. The molecular formula is C13H17ClN6O. The molecule has 0 bridgehead atoms. The Morgan fingerprint density at radius 3 is 2.90 bits per heavy atom. The molecule has 0 saturated heterocycles. The Morgan fingerprint density at radius 2 is 2.24 bits per heavy atom. The molecule has 2 aromatic rings. The molecule has 0 spiro atoms. The lowest BCUT2D eigenvalue weighted by atomic mass is 10.3. The van der Waals surface area contributed by atoms with Gasteiger partial charge in [0.25, 0.3) is 5.91 Å². The van der Waals surface area contributed by atoms with Crippen LogP contribution in [-0.2, 0) is 13.5 Å². The number of halogens is 1. The molecule has 21 heavy (non-hydrogen) atoms. The van der Waals surface area contributed by atoms with Crippen molar-refractivity contribution in [2.45, 2.75) is 13.3 Å². The first-order chi connectivity index (χ1) is 10.1. The van der Waals surface area contributed by atoms with Crippen LogP contribution in [0.15, 0.2) is 18.5 Å². The highest BCUT2D eigenvalue weighted by molar-refractivity contribution is 6.33. The average Bonchev–Trinajstić information content (AvgIpc) is 2.87. The van der Waals surface area contributed by atoms with Crippen molar-refractivity contribution in [2.75, 3.05) is 18.4 Å².